The summed E-state index contributed by atoms with van der Waals surface area (Å²) in [5, 5.41) is 10.2. The summed E-state index contributed by atoms with van der Waals surface area (Å²) in [4.78, 5) is 14.4. The Hall–Kier alpha value is -3.31. The fourth-order valence-electron chi connectivity index (χ4n) is 3.67. The van der Waals surface area contributed by atoms with E-state index in [0.29, 0.717) is 24.5 Å². The third-order valence-electron chi connectivity index (χ3n) is 5.43. The van der Waals surface area contributed by atoms with Gasteiger partial charge < -0.3 is 9.47 Å². The Bertz CT molecular complexity index is 1220. The molecule has 1 amide bonds. The Kier molecular flexibility index (Phi) is 7.23. The number of halogens is 1. The van der Waals surface area contributed by atoms with Gasteiger partial charge in [-0.3, -0.25) is 10.0 Å². The molecule has 0 radical (unpaired) electrons. The second-order valence-corrected chi connectivity index (χ2v) is 9.51. The molecule has 0 aromatic heterocycles. The molecule has 178 valence electrons. The minimum atomic E-state index is -4.24. The standard InChI is InChI=1S/C24H23FN2O6S/c25-20-6-8-21(9-7-20)33-22-10-12-23(13-11-22)34(30,31)26-27(29)24(28)19-14-18(15-32-16-19)17-4-2-1-3-5-17/h1-13,18-19,26,29H,14-16H2. The molecule has 3 aromatic carbocycles. The minimum absolute atomic E-state index is 0.000337. The third-order valence-corrected chi connectivity index (χ3v) is 6.73. The van der Waals surface area contributed by atoms with Crippen LogP contribution in [0.4, 0.5) is 4.39 Å². The summed E-state index contributed by atoms with van der Waals surface area (Å²) in [5.41, 5.74) is 1.01. The zero-order valence-corrected chi connectivity index (χ0v) is 18.8. The average molecular weight is 487 g/mol. The van der Waals surface area contributed by atoms with E-state index in [9.17, 15) is 22.8 Å². The summed E-state index contributed by atoms with van der Waals surface area (Å²) in [6.45, 7) is 0.521. The summed E-state index contributed by atoms with van der Waals surface area (Å²) in [6.07, 6.45) is 0.414. The summed E-state index contributed by atoms with van der Waals surface area (Å²) < 4.78 is 49.4. The number of nitrogens with one attached hydrogen (secondary N) is 1. The number of nitrogens with zero attached hydrogens (tertiary/aromatic N) is 1. The highest BCUT2D eigenvalue weighted by atomic mass is 32.2. The van der Waals surface area contributed by atoms with E-state index in [2.05, 4.69) is 0 Å². The lowest BCUT2D eigenvalue weighted by molar-refractivity contribution is -0.181. The number of hydrogen-bond donors (Lipinski definition) is 2. The molecule has 4 rings (SSSR count). The van der Waals surface area contributed by atoms with Crippen molar-refractivity contribution in [2.24, 2.45) is 5.92 Å². The second kappa shape index (κ2) is 10.3. The Morgan fingerprint density at radius 2 is 1.59 bits per heavy atom. The Balaban J connectivity index is 1.38. The largest absolute Gasteiger partial charge is 0.457 e. The number of ether oxygens (including phenoxy) is 2. The number of rotatable bonds is 7. The van der Waals surface area contributed by atoms with Crippen LogP contribution in [0.2, 0.25) is 0 Å². The van der Waals surface area contributed by atoms with Gasteiger partial charge in [-0.1, -0.05) is 35.2 Å². The van der Waals surface area contributed by atoms with Crippen LogP contribution in [0.1, 0.15) is 17.9 Å². The van der Waals surface area contributed by atoms with Crippen molar-refractivity contribution in [3.05, 3.63) is 90.2 Å². The van der Waals surface area contributed by atoms with Crippen molar-refractivity contribution in [2.75, 3.05) is 13.2 Å². The van der Waals surface area contributed by atoms with E-state index >= 15 is 0 Å². The molecule has 10 heteroatoms. The van der Waals surface area contributed by atoms with Gasteiger partial charge >= 0.3 is 0 Å². The van der Waals surface area contributed by atoms with Crippen LogP contribution in [0.3, 0.4) is 0 Å². The predicted molar refractivity (Wildman–Crippen MR) is 120 cm³/mol. The van der Waals surface area contributed by atoms with Crippen LogP contribution in [0.25, 0.3) is 0 Å². The average Bonchev–Trinajstić information content (AvgIpc) is 2.85. The second-order valence-electron chi connectivity index (χ2n) is 7.85. The van der Waals surface area contributed by atoms with Gasteiger partial charge in [-0.05, 0) is 60.5 Å². The number of hydrazine groups is 1. The van der Waals surface area contributed by atoms with E-state index in [4.69, 9.17) is 9.47 Å². The number of carbonyl (C=O) groups is 1. The molecular weight excluding hydrogens is 463 g/mol. The van der Waals surface area contributed by atoms with Gasteiger partial charge in [-0.25, -0.2) is 12.8 Å². The highest BCUT2D eigenvalue weighted by molar-refractivity contribution is 7.89. The van der Waals surface area contributed by atoms with Crippen LogP contribution in [-0.2, 0) is 19.6 Å². The van der Waals surface area contributed by atoms with E-state index in [1.807, 2.05) is 35.2 Å². The molecule has 2 N–H and O–H groups in total. The van der Waals surface area contributed by atoms with Gasteiger partial charge in [0.25, 0.3) is 15.9 Å². The Morgan fingerprint density at radius 3 is 2.24 bits per heavy atom. The van der Waals surface area contributed by atoms with Crippen molar-refractivity contribution in [1.29, 1.82) is 0 Å². The lowest BCUT2D eigenvalue weighted by atomic mass is 9.87. The molecule has 1 heterocycles. The molecule has 2 atom stereocenters. The number of amides is 1. The molecule has 8 nitrogen and oxygen atoms in total. The molecule has 0 bridgehead atoms. The van der Waals surface area contributed by atoms with Crippen LogP contribution < -0.4 is 9.57 Å². The number of hydroxylamine groups is 1. The van der Waals surface area contributed by atoms with Gasteiger partial charge in [-0.2, -0.15) is 0 Å². The zero-order chi connectivity index (χ0) is 24.1. The van der Waals surface area contributed by atoms with Crippen molar-refractivity contribution >= 4 is 15.9 Å². The smallest absolute Gasteiger partial charge is 0.267 e. The first kappa shape index (κ1) is 23.8. The maximum Gasteiger partial charge on any atom is 0.267 e. The predicted octanol–water partition coefficient (Wildman–Crippen LogP) is 3.85. The topological polar surface area (TPSA) is 105 Å². The molecule has 1 fully saturated rings. The summed E-state index contributed by atoms with van der Waals surface area (Å²) >= 11 is 0. The van der Waals surface area contributed by atoms with Gasteiger partial charge in [0.15, 0.2) is 0 Å². The van der Waals surface area contributed by atoms with E-state index in [0.717, 1.165) is 5.56 Å². The van der Waals surface area contributed by atoms with Crippen LogP contribution >= 0.6 is 0 Å². The van der Waals surface area contributed by atoms with Gasteiger partial charge in [-0.15, -0.1) is 5.17 Å². The van der Waals surface area contributed by atoms with Gasteiger partial charge in [0.05, 0.1) is 24.0 Å². The van der Waals surface area contributed by atoms with Gasteiger partial charge in [0.2, 0.25) is 0 Å². The molecule has 34 heavy (non-hydrogen) atoms. The number of benzene rings is 3. The normalized spacial score (nSPS) is 18.3. The summed E-state index contributed by atoms with van der Waals surface area (Å²) in [6, 6.07) is 20.2. The molecule has 1 aliphatic rings. The highest BCUT2D eigenvalue weighted by Crippen LogP contribution is 2.29. The van der Waals surface area contributed by atoms with Crippen LogP contribution in [0.5, 0.6) is 11.5 Å². The molecule has 0 saturated carbocycles. The van der Waals surface area contributed by atoms with Crippen molar-refractivity contribution in [3.8, 4) is 11.5 Å². The first-order valence-corrected chi connectivity index (χ1v) is 12.0. The van der Waals surface area contributed by atoms with Crippen molar-refractivity contribution in [1.82, 2.24) is 10.0 Å². The lowest BCUT2D eigenvalue weighted by Gasteiger charge is -2.30. The Morgan fingerprint density at radius 1 is 0.971 bits per heavy atom. The van der Waals surface area contributed by atoms with Crippen molar-refractivity contribution < 1.29 is 32.3 Å². The fourth-order valence-corrected chi connectivity index (χ4v) is 4.59. The zero-order valence-electron chi connectivity index (χ0n) is 18.0. The summed E-state index contributed by atoms with van der Waals surface area (Å²) in [7, 11) is -4.24. The summed E-state index contributed by atoms with van der Waals surface area (Å²) in [5.74, 6) is -1.25. The lowest BCUT2D eigenvalue weighted by Crippen LogP contribution is -2.48. The third kappa shape index (κ3) is 5.78. The van der Waals surface area contributed by atoms with Crippen LogP contribution in [0.15, 0.2) is 83.8 Å². The van der Waals surface area contributed by atoms with Crippen molar-refractivity contribution in [3.63, 3.8) is 0 Å². The van der Waals surface area contributed by atoms with Gasteiger partial charge in [0, 0.05) is 5.92 Å². The van der Waals surface area contributed by atoms with E-state index in [-0.39, 0.29) is 22.6 Å². The first-order chi connectivity index (χ1) is 16.3. The molecule has 2 unspecified atom stereocenters. The monoisotopic (exact) mass is 486 g/mol. The van der Waals surface area contributed by atoms with Crippen LogP contribution in [0, 0.1) is 11.7 Å². The van der Waals surface area contributed by atoms with Gasteiger partial charge in [0.1, 0.15) is 17.3 Å². The minimum Gasteiger partial charge on any atom is -0.457 e. The van der Waals surface area contributed by atoms with E-state index in [1.54, 1.807) is 0 Å². The molecular formula is C24H23FN2O6S. The van der Waals surface area contributed by atoms with Crippen LogP contribution in [-0.4, -0.2) is 37.9 Å². The molecule has 0 spiro atoms. The molecule has 0 aliphatic carbocycles. The number of sulfonamides is 1. The quantitative estimate of drug-likeness (QED) is 0.388. The van der Waals surface area contributed by atoms with Crippen molar-refractivity contribution in [2.45, 2.75) is 17.2 Å². The molecule has 1 aliphatic heterocycles. The SMILES string of the molecule is O=C(C1COCC(c2ccccc2)C1)N(O)NS(=O)(=O)c1ccc(Oc2ccc(F)cc2)cc1. The molecule has 3 aromatic rings. The molecule has 1 saturated heterocycles. The Labute approximate surface area is 196 Å². The first-order valence-electron chi connectivity index (χ1n) is 10.5. The number of carbonyl (C=O) groups excluding carboxylic acids is 1. The van der Waals surface area contributed by atoms with E-state index in [1.165, 1.54) is 48.5 Å². The van der Waals surface area contributed by atoms with E-state index < -0.39 is 27.7 Å². The number of hydrogen-bond acceptors (Lipinski definition) is 6. The highest BCUT2D eigenvalue weighted by Gasteiger charge is 2.33. The maximum atomic E-state index is 13.0. The fraction of sp³-hybridized carbons (Fsp3) is 0.208. The maximum absolute atomic E-state index is 13.0.